The molecule has 0 saturated carbocycles. The highest BCUT2D eigenvalue weighted by atomic mass is 19.1. The lowest BCUT2D eigenvalue weighted by Crippen LogP contribution is -2.20. The van der Waals surface area contributed by atoms with Crippen molar-refractivity contribution in [2.75, 3.05) is 11.9 Å². The van der Waals surface area contributed by atoms with Crippen molar-refractivity contribution in [3.63, 3.8) is 0 Å². The number of hydrogen-bond acceptors (Lipinski definition) is 3. The molecule has 0 aliphatic rings. The average molecular weight is 317 g/mol. The van der Waals surface area contributed by atoms with Crippen molar-refractivity contribution in [1.29, 1.82) is 0 Å². The van der Waals surface area contributed by atoms with Crippen LogP contribution < -0.4 is 5.32 Å². The van der Waals surface area contributed by atoms with E-state index in [4.69, 9.17) is 4.74 Å². The average Bonchev–Trinajstić information content (AvgIpc) is 2.54. The standard InChI is InChI=1S/C17H13F2NO3/c18-13-4-1-12(2-5-13)3-10-17(22)23-11-16(21)20-15-8-6-14(19)7-9-15/h1-10H,11H2,(H,20,21). The zero-order valence-electron chi connectivity index (χ0n) is 12.0. The van der Waals surface area contributed by atoms with Gasteiger partial charge in [-0.1, -0.05) is 12.1 Å². The molecule has 0 fully saturated rings. The smallest absolute Gasteiger partial charge is 0.331 e. The summed E-state index contributed by atoms with van der Waals surface area (Å²) in [4.78, 5) is 23.0. The van der Waals surface area contributed by atoms with Crippen LogP contribution in [0.25, 0.3) is 6.08 Å². The summed E-state index contributed by atoms with van der Waals surface area (Å²) in [6.07, 6.45) is 2.58. The number of carbonyl (C=O) groups excluding carboxylic acids is 2. The van der Waals surface area contributed by atoms with Gasteiger partial charge >= 0.3 is 5.97 Å². The Balaban J connectivity index is 1.78. The van der Waals surface area contributed by atoms with Crippen LogP contribution in [0.1, 0.15) is 5.56 Å². The van der Waals surface area contributed by atoms with Gasteiger partial charge in [-0.05, 0) is 48.0 Å². The fraction of sp³-hybridized carbons (Fsp3) is 0.0588. The highest BCUT2D eigenvalue weighted by molar-refractivity contribution is 5.94. The molecule has 23 heavy (non-hydrogen) atoms. The van der Waals surface area contributed by atoms with Gasteiger partial charge in [0.25, 0.3) is 5.91 Å². The van der Waals surface area contributed by atoms with Crippen molar-refractivity contribution in [3.8, 4) is 0 Å². The maximum atomic E-state index is 12.7. The van der Waals surface area contributed by atoms with E-state index in [1.165, 1.54) is 54.6 Å². The van der Waals surface area contributed by atoms with Gasteiger partial charge in [-0.2, -0.15) is 0 Å². The maximum Gasteiger partial charge on any atom is 0.331 e. The molecule has 1 N–H and O–H groups in total. The molecule has 0 spiro atoms. The lowest BCUT2D eigenvalue weighted by atomic mass is 10.2. The van der Waals surface area contributed by atoms with Gasteiger partial charge in [0.1, 0.15) is 11.6 Å². The number of amides is 1. The summed E-state index contributed by atoms with van der Waals surface area (Å²) in [6.45, 7) is -0.468. The molecule has 0 aliphatic heterocycles. The third kappa shape index (κ3) is 5.70. The van der Waals surface area contributed by atoms with E-state index >= 15 is 0 Å². The number of hydrogen-bond donors (Lipinski definition) is 1. The van der Waals surface area contributed by atoms with Crippen molar-refractivity contribution >= 4 is 23.6 Å². The molecule has 0 unspecified atom stereocenters. The number of carbonyl (C=O) groups is 2. The second-order valence-corrected chi connectivity index (χ2v) is 4.55. The number of nitrogens with one attached hydrogen (secondary N) is 1. The normalized spacial score (nSPS) is 10.5. The summed E-state index contributed by atoms with van der Waals surface area (Å²) in [5, 5.41) is 2.46. The van der Waals surface area contributed by atoms with Crippen LogP contribution in [-0.2, 0) is 14.3 Å². The fourth-order valence-electron chi connectivity index (χ4n) is 1.65. The van der Waals surface area contributed by atoms with Gasteiger partial charge in [-0.25, -0.2) is 13.6 Å². The van der Waals surface area contributed by atoms with Crippen molar-refractivity contribution in [2.24, 2.45) is 0 Å². The van der Waals surface area contributed by atoms with Crippen molar-refractivity contribution < 1.29 is 23.1 Å². The molecule has 0 atom stereocenters. The van der Waals surface area contributed by atoms with Crippen LogP contribution in [-0.4, -0.2) is 18.5 Å². The topological polar surface area (TPSA) is 55.4 Å². The molecule has 1 amide bonds. The predicted molar refractivity (Wildman–Crippen MR) is 81.4 cm³/mol. The van der Waals surface area contributed by atoms with Gasteiger partial charge in [-0.3, -0.25) is 4.79 Å². The molecule has 2 aromatic rings. The van der Waals surface area contributed by atoms with Crippen LogP contribution in [0.2, 0.25) is 0 Å². The van der Waals surface area contributed by atoms with Crippen LogP contribution in [0.3, 0.4) is 0 Å². The number of anilines is 1. The number of rotatable bonds is 5. The molecule has 118 valence electrons. The summed E-state index contributed by atoms with van der Waals surface area (Å²) in [7, 11) is 0. The van der Waals surface area contributed by atoms with Crippen molar-refractivity contribution in [2.45, 2.75) is 0 Å². The van der Waals surface area contributed by atoms with Crippen LogP contribution in [0.4, 0.5) is 14.5 Å². The first-order valence-corrected chi connectivity index (χ1v) is 6.69. The highest BCUT2D eigenvalue weighted by Gasteiger charge is 2.05. The van der Waals surface area contributed by atoms with Gasteiger partial charge in [0.15, 0.2) is 6.61 Å². The van der Waals surface area contributed by atoms with E-state index in [2.05, 4.69) is 5.32 Å². The minimum absolute atomic E-state index is 0.373. The van der Waals surface area contributed by atoms with E-state index in [-0.39, 0.29) is 5.82 Å². The monoisotopic (exact) mass is 317 g/mol. The summed E-state index contributed by atoms with van der Waals surface area (Å²) in [5.41, 5.74) is 1.02. The molecule has 0 heterocycles. The highest BCUT2D eigenvalue weighted by Crippen LogP contribution is 2.08. The summed E-state index contributed by atoms with van der Waals surface area (Å²) < 4.78 is 30.2. The van der Waals surface area contributed by atoms with Gasteiger partial charge in [0, 0.05) is 11.8 Å². The minimum Gasteiger partial charge on any atom is -0.452 e. The Morgan fingerprint density at radius 3 is 2.13 bits per heavy atom. The van der Waals surface area contributed by atoms with Gasteiger partial charge in [-0.15, -0.1) is 0 Å². The van der Waals surface area contributed by atoms with E-state index in [0.29, 0.717) is 11.3 Å². The number of esters is 1. The maximum absolute atomic E-state index is 12.7. The Hall–Kier alpha value is -3.02. The second kappa shape index (κ2) is 7.84. The Labute approximate surface area is 131 Å². The quantitative estimate of drug-likeness (QED) is 0.681. The molecule has 0 saturated heterocycles. The zero-order valence-corrected chi connectivity index (χ0v) is 12.0. The Kier molecular flexibility index (Phi) is 5.57. The van der Waals surface area contributed by atoms with Crippen molar-refractivity contribution in [3.05, 3.63) is 71.8 Å². The molecule has 2 rings (SSSR count). The lowest BCUT2D eigenvalue weighted by Gasteiger charge is -2.05. The summed E-state index contributed by atoms with van der Waals surface area (Å²) >= 11 is 0. The third-order valence-electron chi connectivity index (χ3n) is 2.76. The molecule has 4 nitrogen and oxygen atoms in total. The molecule has 0 bridgehead atoms. The zero-order chi connectivity index (χ0) is 16.7. The third-order valence-corrected chi connectivity index (χ3v) is 2.76. The number of benzene rings is 2. The van der Waals surface area contributed by atoms with Crippen LogP contribution >= 0.6 is 0 Å². The van der Waals surface area contributed by atoms with E-state index in [1.807, 2.05) is 0 Å². The van der Waals surface area contributed by atoms with Crippen LogP contribution in [0.15, 0.2) is 54.6 Å². The molecular weight excluding hydrogens is 304 g/mol. The fourth-order valence-corrected chi connectivity index (χ4v) is 1.65. The van der Waals surface area contributed by atoms with E-state index in [0.717, 1.165) is 6.08 Å². The van der Waals surface area contributed by atoms with Crippen LogP contribution in [0, 0.1) is 11.6 Å². The Morgan fingerprint density at radius 1 is 0.957 bits per heavy atom. The molecular formula is C17H13F2NO3. The number of halogens is 2. The summed E-state index contributed by atoms with van der Waals surface area (Å²) in [5.74, 6) is -2.04. The first-order chi connectivity index (χ1) is 11.0. The SMILES string of the molecule is O=C(COC(=O)C=Cc1ccc(F)cc1)Nc1ccc(F)cc1. The van der Waals surface area contributed by atoms with Gasteiger partial charge in [0.2, 0.25) is 0 Å². The van der Waals surface area contributed by atoms with Gasteiger partial charge < -0.3 is 10.1 Å². The molecule has 0 aliphatic carbocycles. The van der Waals surface area contributed by atoms with Crippen LogP contribution in [0.5, 0.6) is 0 Å². The first kappa shape index (κ1) is 16.4. The van der Waals surface area contributed by atoms with E-state index < -0.39 is 24.3 Å². The first-order valence-electron chi connectivity index (χ1n) is 6.69. The van der Waals surface area contributed by atoms with E-state index in [9.17, 15) is 18.4 Å². The molecule has 2 aromatic carbocycles. The predicted octanol–water partition coefficient (Wildman–Crippen LogP) is 3.16. The molecule has 6 heteroatoms. The molecule has 0 radical (unpaired) electrons. The lowest BCUT2D eigenvalue weighted by molar-refractivity contribution is -0.142. The minimum atomic E-state index is -0.705. The molecule has 0 aromatic heterocycles. The Morgan fingerprint density at radius 2 is 1.52 bits per heavy atom. The van der Waals surface area contributed by atoms with Gasteiger partial charge in [0.05, 0.1) is 0 Å². The Bertz CT molecular complexity index is 710. The second-order valence-electron chi connectivity index (χ2n) is 4.55. The largest absolute Gasteiger partial charge is 0.452 e. The van der Waals surface area contributed by atoms with E-state index in [1.54, 1.807) is 0 Å². The number of ether oxygens (including phenoxy) is 1. The van der Waals surface area contributed by atoms with Crippen molar-refractivity contribution in [1.82, 2.24) is 0 Å². The summed E-state index contributed by atoms with van der Waals surface area (Å²) in [6, 6.07) is 10.7.